The molecule has 0 amide bonds. The molecule has 1 saturated heterocycles. The van der Waals surface area contributed by atoms with Crippen molar-refractivity contribution in [1.82, 2.24) is 15.0 Å². The zero-order valence-electron chi connectivity index (χ0n) is 11.6. The van der Waals surface area contributed by atoms with Crippen molar-refractivity contribution in [2.75, 3.05) is 20.2 Å². The largest absolute Gasteiger partial charge is 0.469 e. The van der Waals surface area contributed by atoms with Gasteiger partial charge in [0.05, 0.1) is 19.6 Å². The first-order valence-electron chi connectivity index (χ1n) is 6.84. The minimum atomic E-state index is -0.128. The van der Waals surface area contributed by atoms with Crippen LogP contribution in [0.5, 0.6) is 0 Å². The Kier molecular flexibility index (Phi) is 4.90. The quantitative estimate of drug-likeness (QED) is 0.726. The number of carbonyl (C=O) groups is 1. The number of aromatic nitrogens is 2. The summed E-state index contributed by atoms with van der Waals surface area (Å²) >= 11 is 0. The third-order valence-corrected chi connectivity index (χ3v) is 3.43. The highest BCUT2D eigenvalue weighted by Gasteiger charge is 2.29. The van der Waals surface area contributed by atoms with E-state index in [1.807, 2.05) is 0 Å². The monoisotopic (exact) mass is 267 g/mol. The zero-order chi connectivity index (χ0) is 13.7. The first-order chi connectivity index (χ1) is 9.22. The van der Waals surface area contributed by atoms with Crippen molar-refractivity contribution in [2.45, 2.75) is 39.2 Å². The molecule has 6 heteroatoms. The first kappa shape index (κ1) is 14.0. The molecular formula is C13H21N3O3. The van der Waals surface area contributed by atoms with Crippen LogP contribution in [-0.4, -0.2) is 41.2 Å². The van der Waals surface area contributed by atoms with E-state index in [0.717, 1.165) is 38.1 Å². The second-order valence-electron chi connectivity index (χ2n) is 4.95. The molecule has 2 rings (SSSR count). The van der Waals surface area contributed by atoms with Crippen molar-refractivity contribution in [2.24, 2.45) is 5.92 Å². The van der Waals surface area contributed by atoms with Gasteiger partial charge in [-0.3, -0.25) is 9.69 Å². The molecule has 1 aliphatic heterocycles. The Morgan fingerprint density at radius 2 is 2.42 bits per heavy atom. The van der Waals surface area contributed by atoms with Crippen LogP contribution in [0.1, 0.15) is 37.9 Å². The molecule has 1 unspecified atom stereocenters. The maximum Gasteiger partial charge on any atom is 0.310 e. The summed E-state index contributed by atoms with van der Waals surface area (Å²) in [6, 6.07) is 0. The van der Waals surface area contributed by atoms with Crippen molar-refractivity contribution in [3.05, 3.63) is 11.7 Å². The van der Waals surface area contributed by atoms with E-state index in [-0.39, 0.29) is 11.9 Å². The molecule has 2 heterocycles. The van der Waals surface area contributed by atoms with Gasteiger partial charge >= 0.3 is 5.97 Å². The number of unbranched alkanes of at least 4 members (excludes halogenated alkanes) is 1. The summed E-state index contributed by atoms with van der Waals surface area (Å²) in [6.07, 6.45) is 3.90. The van der Waals surface area contributed by atoms with Gasteiger partial charge in [0.2, 0.25) is 5.89 Å². The van der Waals surface area contributed by atoms with Gasteiger partial charge in [-0.05, 0) is 19.4 Å². The molecule has 19 heavy (non-hydrogen) atoms. The lowest BCUT2D eigenvalue weighted by atomic mass is 10.1. The van der Waals surface area contributed by atoms with Crippen molar-refractivity contribution >= 4 is 5.97 Å². The van der Waals surface area contributed by atoms with E-state index < -0.39 is 0 Å². The molecule has 1 aromatic heterocycles. The van der Waals surface area contributed by atoms with Crippen LogP contribution < -0.4 is 0 Å². The SMILES string of the molecule is CCCCc1noc(CN2CCC(C(=O)OC)C2)n1. The Balaban J connectivity index is 1.82. The number of rotatable bonds is 6. The van der Waals surface area contributed by atoms with Gasteiger partial charge in [-0.25, -0.2) is 0 Å². The van der Waals surface area contributed by atoms with E-state index in [4.69, 9.17) is 9.26 Å². The molecule has 0 aliphatic carbocycles. The van der Waals surface area contributed by atoms with Crippen LogP contribution in [-0.2, 0) is 22.5 Å². The van der Waals surface area contributed by atoms with Gasteiger partial charge in [0.25, 0.3) is 0 Å². The summed E-state index contributed by atoms with van der Waals surface area (Å²) in [4.78, 5) is 18.0. The number of hydrogen-bond donors (Lipinski definition) is 0. The fourth-order valence-electron chi connectivity index (χ4n) is 2.32. The average molecular weight is 267 g/mol. The van der Waals surface area contributed by atoms with Crippen molar-refractivity contribution in [3.8, 4) is 0 Å². The molecule has 1 aromatic rings. The molecular weight excluding hydrogens is 246 g/mol. The number of nitrogens with zero attached hydrogens (tertiary/aromatic N) is 3. The Morgan fingerprint density at radius 1 is 1.58 bits per heavy atom. The van der Waals surface area contributed by atoms with Gasteiger partial charge in [-0.15, -0.1) is 0 Å². The number of hydrogen-bond acceptors (Lipinski definition) is 6. The van der Waals surface area contributed by atoms with Crippen LogP contribution in [0.4, 0.5) is 0 Å². The standard InChI is InChI=1S/C13H21N3O3/c1-3-4-5-11-14-12(19-15-11)9-16-7-6-10(8-16)13(17)18-2/h10H,3-9H2,1-2H3. The van der Waals surface area contributed by atoms with Gasteiger partial charge in [-0.2, -0.15) is 4.98 Å². The predicted octanol–water partition coefficient (Wildman–Crippen LogP) is 1.41. The number of esters is 1. The van der Waals surface area contributed by atoms with Crippen LogP contribution in [0.15, 0.2) is 4.52 Å². The normalized spacial score (nSPS) is 19.8. The summed E-state index contributed by atoms with van der Waals surface area (Å²) in [7, 11) is 1.43. The Bertz CT molecular complexity index is 419. The summed E-state index contributed by atoms with van der Waals surface area (Å²) < 4.78 is 9.99. The topological polar surface area (TPSA) is 68.5 Å². The highest BCUT2D eigenvalue weighted by Crippen LogP contribution is 2.19. The maximum absolute atomic E-state index is 11.4. The number of likely N-dealkylation sites (tertiary alicyclic amines) is 1. The van der Waals surface area contributed by atoms with Gasteiger partial charge in [-0.1, -0.05) is 18.5 Å². The molecule has 1 fully saturated rings. The summed E-state index contributed by atoms with van der Waals surface area (Å²) in [5.41, 5.74) is 0. The lowest BCUT2D eigenvalue weighted by molar-refractivity contribution is -0.144. The molecule has 1 atom stereocenters. The summed E-state index contributed by atoms with van der Waals surface area (Å²) in [5, 5.41) is 3.96. The number of aryl methyl sites for hydroxylation is 1. The molecule has 0 saturated carbocycles. The number of ether oxygens (including phenoxy) is 1. The van der Waals surface area contributed by atoms with E-state index in [1.165, 1.54) is 7.11 Å². The van der Waals surface area contributed by atoms with Crippen molar-refractivity contribution in [1.29, 1.82) is 0 Å². The second kappa shape index (κ2) is 6.65. The molecule has 1 aliphatic rings. The molecule has 0 aromatic carbocycles. The molecule has 0 bridgehead atoms. The van der Waals surface area contributed by atoms with E-state index in [9.17, 15) is 4.79 Å². The van der Waals surface area contributed by atoms with Crippen LogP contribution in [0.25, 0.3) is 0 Å². The van der Waals surface area contributed by atoms with E-state index in [1.54, 1.807) is 0 Å². The maximum atomic E-state index is 11.4. The Labute approximate surface area is 113 Å². The van der Waals surface area contributed by atoms with Crippen molar-refractivity contribution < 1.29 is 14.1 Å². The van der Waals surface area contributed by atoms with Crippen LogP contribution in [0, 0.1) is 5.92 Å². The summed E-state index contributed by atoms with van der Waals surface area (Å²) in [5.74, 6) is 1.27. The minimum absolute atomic E-state index is 0.0208. The van der Waals surface area contributed by atoms with Gasteiger partial charge < -0.3 is 9.26 Å². The third kappa shape index (κ3) is 3.76. The van der Waals surface area contributed by atoms with E-state index in [2.05, 4.69) is 22.0 Å². The molecule has 0 N–H and O–H groups in total. The molecule has 106 valence electrons. The average Bonchev–Trinajstić information content (AvgIpc) is 3.05. The zero-order valence-corrected chi connectivity index (χ0v) is 11.6. The Hall–Kier alpha value is -1.43. The third-order valence-electron chi connectivity index (χ3n) is 3.43. The fourth-order valence-corrected chi connectivity index (χ4v) is 2.32. The predicted molar refractivity (Wildman–Crippen MR) is 68.3 cm³/mol. The smallest absolute Gasteiger partial charge is 0.310 e. The van der Waals surface area contributed by atoms with Gasteiger partial charge in [0, 0.05) is 13.0 Å². The molecule has 0 spiro atoms. The Morgan fingerprint density at radius 3 is 3.16 bits per heavy atom. The van der Waals surface area contributed by atoms with Crippen LogP contribution in [0.3, 0.4) is 0 Å². The lowest BCUT2D eigenvalue weighted by Crippen LogP contribution is -2.23. The van der Waals surface area contributed by atoms with Crippen LogP contribution in [0.2, 0.25) is 0 Å². The minimum Gasteiger partial charge on any atom is -0.469 e. The molecule has 0 radical (unpaired) electrons. The number of methoxy groups -OCH3 is 1. The summed E-state index contributed by atoms with van der Waals surface area (Å²) in [6.45, 7) is 4.33. The van der Waals surface area contributed by atoms with E-state index in [0.29, 0.717) is 19.0 Å². The highest BCUT2D eigenvalue weighted by atomic mass is 16.5. The van der Waals surface area contributed by atoms with Gasteiger partial charge in [0.1, 0.15) is 0 Å². The van der Waals surface area contributed by atoms with Crippen LogP contribution >= 0.6 is 0 Å². The highest BCUT2D eigenvalue weighted by molar-refractivity contribution is 5.72. The molecule has 6 nitrogen and oxygen atoms in total. The second-order valence-corrected chi connectivity index (χ2v) is 4.95. The number of carbonyl (C=O) groups excluding carboxylic acids is 1. The van der Waals surface area contributed by atoms with Gasteiger partial charge in [0.15, 0.2) is 5.82 Å². The van der Waals surface area contributed by atoms with E-state index >= 15 is 0 Å². The first-order valence-corrected chi connectivity index (χ1v) is 6.84. The fraction of sp³-hybridized carbons (Fsp3) is 0.769. The lowest BCUT2D eigenvalue weighted by Gasteiger charge is -2.12. The van der Waals surface area contributed by atoms with Crippen molar-refractivity contribution in [3.63, 3.8) is 0 Å².